The number of carbonyl (C=O) groups excluding carboxylic acids is 1. The number of hydrogen-bond donors (Lipinski definition) is 2. The second-order valence-corrected chi connectivity index (χ2v) is 5.55. The molecule has 1 aromatic rings. The van der Waals surface area contributed by atoms with Gasteiger partial charge in [-0.25, -0.2) is 9.78 Å². The Morgan fingerprint density at radius 3 is 2.80 bits per heavy atom. The fourth-order valence-electron chi connectivity index (χ4n) is 1.53. The minimum Gasteiger partial charge on any atom is -0.480 e. The molecule has 1 heterocycles. The molecule has 0 bridgehead atoms. The van der Waals surface area contributed by atoms with Gasteiger partial charge in [-0.3, -0.25) is 4.79 Å². The van der Waals surface area contributed by atoms with Gasteiger partial charge >= 0.3 is 12.0 Å². The van der Waals surface area contributed by atoms with Crippen molar-refractivity contribution in [3.8, 4) is 0 Å². The summed E-state index contributed by atoms with van der Waals surface area (Å²) in [5.41, 5.74) is 0. The van der Waals surface area contributed by atoms with Gasteiger partial charge < -0.3 is 20.1 Å². The number of aliphatic carboxylic acids is 1. The van der Waals surface area contributed by atoms with Crippen molar-refractivity contribution in [3.05, 3.63) is 16.1 Å². The maximum Gasteiger partial charge on any atom is 0.323 e. The van der Waals surface area contributed by atoms with E-state index >= 15 is 0 Å². The zero-order valence-corrected chi connectivity index (χ0v) is 12.6. The van der Waals surface area contributed by atoms with Gasteiger partial charge in [0, 0.05) is 24.7 Å². The van der Waals surface area contributed by atoms with Crippen molar-refractivity contribution in [3.63, 3.8) is 0 Å². The van der Waals surface area contributed by atoms with Gasteiger partial charge in [-0.2, -0.15) is 0 Å². The quantitative estimate of drug-likeness (QED) is 0.791. The minimum absolute atomic E-state index is 0.220. The van der Waals surface area contributed by atoms with Crippen LogP contribution in [0.15, 0.2) is 6.20 Å². The third-order valence-corrected chi connectivity index (χ3v) is 3.62. The number of aromatic nitrogens is 1. The summed E-state index contributed by atoms with van der Waals surface area (Å²) < 4.78 is 4.87. The Kier molecular flexibility index (Phi) is 6.40. The Balaban J connectivity index is 2.62. The van der Waals surface area contributed by atoms with Crippen LogP contribution in [-0.4, -0.2) is 53.8 Å². The summed E-state index contributed by atoms with van der Waals surface area (Å²) >= 11 is 1.50. The van der Waals surface area contributed by atoms with E-state index < -0.39 is 12.0 Å². The highest BCUT2D eigenvalue weighted by Gasteiger charge is 2.20. The highest BCUT2D eigenvalue weighted by Crippen LogP contribution is 2.19. The summed E-state index contributed by atoms with van der Waals surface area (Å²) in [5, 5.41) is 12.3. The van der Waals surface area contributed by atoms with Crippen LogP contribution < -0.4 is 5.32 Å². The Hall–Kier alpha value is -1.67. The number of carboxylic acid groups (broad SMARTS) is 1. The first-order chi connectivity index (χ1) is 9.43. The lowest BCUT2D eigenvalue weighted by Crippen LogP contribution is -2.45. The highest BCUT2D eigenvalue weighted by molar-refractivity contribution is 7.11. The largest absolute Gasteiger partial charge is 0.480 e. The zero-order chi connectivity index (χ0) is 15.1. The number of aryl methyl sites for hydroxylation is 1. The van der Waals surface area contributed by atoms with Gasteiger partial charge in [0.05, 0.1) is 12.6 Å². The molecule has 7 nitrogen and oxygen atoms in total. The number of carbonyl (C=O) groups is 2. The number of carboxylic acids is 1. The standard InChI is InChI=1S/C12H19N3O4S/c1-8-6-13-11(20-8)9(2)14-12(18)15(4-5-19-3)7-10(16)17/h6,9H,4-5,7H2,1-3H3,(H,14,18)(H,16,17). The number of nitrogens with one attached hydrogen (secondary N) is 1. The van der Waals surface area contributed by atoms with Crippen molar-refractivity contribution in [2.45, 2.75) is 19.9 Å². The normalized spacial score (nSPS) is 11.9. The van der Waals surface area contributed by atoms with E-state index in [9.17, 15) is 9.59 Å². The van der Waals surface area contributed by atoms with Gasteiger partial charge in [0.25, 0.3) is 0 Å². The molecule has 20 heavy (non-hydrogen) atoms. The molecule has 0 aliphatic heterocycles. The van der Waals surface area contributed by atoms with Gasteiger partial charge in [-0.05, 0) is 13.8 Å². The van der Waals surface area contributed by atoms with Crippen LogP contribution in [0.3, 0.4) is 0 Å². The van der Waals surface area contributed by atoms with Gasteiger partial charge in [0.2, 0.25) is 0 Å². The van der Waals surface area contributed by atoms with E-state index in [1.807, 2.05) is 13.8 Å². The van der Waals surface area contributed by atoms with Crippen molar-refractivity contribution < 1.29 is 19.4 Å². The summed E-state index contributed by atoms with van der Waals surface area (Å²) in [5.74, 6) is -1.06. The van der Waals surface area contributed by atoms with Crippen molar-refractivity contribution in [1.29, 1.82) is 0 Å². The van der Waals surface area contributed by atoms with Crippen molar-refractivity contribution in [1.82, 2.24) is 15.2 Å². The number of thiazole rings is 1. The fourth-order valence-corrected chi connectivity index (χ4v) is 2.30. The van der Waals surface area contributed by atoms with Crippen LogP contribution in [0.2, 0.25) is 0 Å². The Morgan fingerprint density at radius 1 is 1.60 bits per heavy atom. The summed E-state index contributed by atoms with van der Waals surface area (Å²) in [6.45, 7) is 3.89. The maximum absolute atomic E-state index is 12.0. The molecule has 0 spiro atoms. The van der Waals surface area contributed by atoms with E-state index in [1.165, 1.54) is 23.3 Å². The molecule has 1 aromatic heterocycles. The van der Waals surface area contributed by atoms with E-state index in [1.54, 1.807) is 6.20 Å². The molecular weight excluding hydrogens is 282 g/mol. The number of urea groups is 1. The van der Waals surface area contributed by atoms with Crippen LogP contribution in [0.1, 0.15) is 22.9 Å². The molecule has 8 heteroatoms. The lowest BCUT2D eigenvalue weighted by Gasteiger charge is -2.22. The van der Waals surface area contributed by atoms with Crippen molar-refractivity contribution >= 4 is 23.3 Å². The van der Waals surface area contributed by atoms with Crippen LogP contribution in [0.4, 0.5) is 4.79 Å². The second kappa shape index (κ2) is 7.81. The molecule has 1 atom stereocenters. The van der Waals surface area contributed by atoms with E-state index in [4.69, 9.17) is 9.84 Å². The van der Waals surface area contributed by atoms with Crippen LogP contribution in [0, 0.1) is 6.92 Å². The molecule has 2 N–H and O–H groups in total. The number of ether oxygens (including phenoxy) is 1. The van der Waals surface area contributed by atoms with Crippen LogP contribution in [0.5, 0.6) is 0 Å². The molecule has 0 fully saturated rings. The Morgan fingerprint density at radius 2 is 2.30 bits per heavy atom. The average Bonchev–Trinajstić information content (AvgIpc) is 2.80. The molecule has 0 saturated heterocycles. The third-order valence-electron chi connectivity index (χ3n) is 2.53. The molecule has 112 valence electrons. The molecule has 0 aliphatic carbocycles. The average molecular weight is 301 g/mol. The number of hydrogen-bond acceptors (Lipinski definition) is 5. The summed E-state index contributed by atoms with van der Waals surface area (Å²) in [7, 11) is 1.50. The predicted molar refractivity (Wildman–Crippen MR) is 74.9 cm³/mol. The molecule has 2 amide bonds. The minimum atomic E-state index is -1.06. The third kappa shape index (κ3) is 5.14. The van der Waals surface area contributed by atoms with Gasteiger partial charge in [0.15, 0.2) is 0 Å². The maximum atomic E-state index is 12.0. The number of methoxy groups -OCH3 is 1. The summed E-state index contributed by atoms with van der Waals surface area (Å²) in [6.07, 6.45) is 1.74. The first-order valence-corrected chi connectivity index (χ1v) is 6.94. The lowest BCUT2D eigenvalue weighted by atomic mass is 10.3. The number of rotatable bonds is 7. The van der Waals surface area contributed by atoms with Crippen molar-refractivity contribution in [2.75, 3.05) is 26.8 Å². The fraction of sp³-hybridized carbons (Fsp3) is 0.583. The number of amides is 2. The molecule has 1 unspecified atom stereocenters. The summed E-state index contributed by atoms with van der Waals surface area (Å²) in [6, 6.07) is -0.704. The van der Waals surface area contributed by atoms with Crippen LogP contribution in [-0.2, 0) is 9.53 Å². The van der Waals surface area contributed by atoms with Gasteiger partial charge in [0.1, 0.15) is 11.6 Å². The second-order valence-electron chi connectivity index (χ2n) is 4.29. The van der Waals surface area contributed by atoms with E-state index in [0.717, 1.165) is 9.88 Å². The van der Waals surface area contributed by atoms with Gasteiger partial charge in [-0.15, -0.1) is 11.3 Å². The first-order valence-electron chi connectivity index (χ1n) is 6.12. The first kappa shape index (κ1) is 16.4. The monoisotopic (exact) mass is 301 g/mol. The molecule has 0 radical (unpaired) electrons. The van der Waals surface area contributed by atoms with Crippen LogP contribution >= 0.6 is 11.3 Å². The molecule has 0 aromatic carbocycles. The van der Waals surface area contributed by atoms with Gasteiger partial charge in [-0.1, -0.05) is 0 Å². The molecular formula is C12H19N3O4S. The van der Waals surface area contributed by atoms with E-state index in [-0.39, 0.29) is 25.7 Å². The lowest BCUT2D eigenvalue weighted by molar-refractivity contribution is -0.137. The molecule has 0 aliphatic rings. The Bertz CT molecular complexity index is 463. The SMILES string of the molecule is COCCN(CC(=O)O)C(=O)NC(C)c1ncc(C)s1. The Labute approximate surface area is 121 Å². The van der Waals surface area contributed by atoms with Crippen LogP contribution in [0.25, 0.3) is 0 Å². The smallest absolute Gasteiger partial charge is 0.323 e. The van der Waals surface area contributed by atoms with Crippen molar-refractivity contribution in [2.24, 2.45) is 0 Å². The topological polar surface area (TPSA) is 91.8 Å². The predicted octanol–water partition coefficient (Wildman–Crippen LogP) is 1.26. The molecule has 0 saturated carbocycles. The highest BCUT2D eigenvalue weighted by atomic mass is 32.1. The zero-order valence-electron chi connectivity index (χ0n) is 11.8. The number of nitrogens with zero attached hydrogens (tertiary/aromatic N) is 2. The van der Waals surface area contributed by atoms with E-state index in [0.29, 0.717) is 0 Å². The summed E-state index contributed by atoms with van der Waals surface area (Å²) in [4.78, 5) is 29.3. The van der Waals surface area contributed by atoms with E-state index in [2.05, 4.69) is 10.3 Å². The molecule has 1 rings (SSSR count).